The average Bonchev–Trinajstić information content (AvgIpc) is 2.71. The number of anilines is 1. The maximum Gasteiger partial charge on any atom is 0.238 e. The first-order valence-corrected chi connectivity index (χ1v) is 7.27. The summed E-state index contributed by atoms with van der Waals surface area (Å²) in [6.07, 6.45) is 2.48. The fourth-order valence-electron chi connectivity index (χ4n) is 2.74. The highest BCUT2D eigenvalue weighted by atomic mass is 16.2. The van der Waals surface area contributed by atoms with Crippen LogP contribution in [0, 0.1) is 19.8 Å². The van der Waals surface area contributed by atoms with Crippen LogP contribution in [0.5, 0.6) is 0 Å². The molecule has 20 heavy (non-hydrogen) atoms. The van der Waals surface area contributed by atoms with Crippen LogP contribution < -0.4 is 10.6 Å². The quantitative estimate of drug-likeness (QED) is 0.748. The molecule has 2 rings (SSSR count). The summed E-state index contributed by atoms with van der Waals surface area (Å²) in [4.78, 5) is 14.2. The Labute approximate surface area is 120 Å². The molecule has 1 aromatic heterocycles. The number of carbonyl (C=O) groups excluding carboxylic acids is 1. The molecule has 6 heteroatoms. The number of hydrogen-bond acceptors (Lipinski definition) is 4. The van der Waals surface area contributed by atoms with Gasteiger partial charge in [-0.2, -0.15) is 5.10 Å². The summed E-state index contributed by atoms with van der Waals surface area (Å²) < 4.78 is 0. The minimum Gasteiger partial charge on any atom is -0.322 e. The van der Waals surface area contributed by atoms with Gasteiger partial charge in [0.1, 0.15) is 0 Å². The van der Waals surface area contributed by atoms with E-state index >= 15 is 0 Å². The van der Waals surface area contributed by atoms with Crippen molar-refractivity contribution in [3.63, 3.8) is 0 Å². The first-order chi connectivity index (χ1) is 9.56. The molecule has 1 aliphatic rings. The molecule has 0 aromatic carbocycles. The lowest BCUT2D eigenvalue weighted by atomic mass is 9.99. The second kappa shape index (κ2) is 6.85. The summed E-state index contributed by atoms with van der Waals surface area (Å²) >= 11 is 0. The van der Waals surface area contributed by atoms with Gasteiger partial charge in [0.15, 0.2) is 0 Å². The molecule has 1 aliphatic heterocycles. The lowest BCUT2D eigenvalue weighted by molar-refractivity contribution is -0.117. The Morgan fingerprint density at radius 2 is 2.30 bits per heavy atom. The monoisotopic (exact) mass is 279 g/mol. The second-order valence-electron chi connectivity index (χ2n) is 5.77. The van der Waals surface area contributed by atoms with E-state index in [1.54, 1.807) is 0 Å². The molecule has 112 valence electrons. The maximum atomic E-state index is 12.1. The van der Waals surface area contributed by atoms with Crippen LogP contribution in [0.4, 0.5) is 5.69 Å². The third-order valence-electron chi connectivity index (χ3n) is 3.77. The molecule has 1 atom stereocenters. The zero-order valence-electron chi connectivity index (χ0n) is 12.6. The summed E-state index contributed by atoms with van der Waals surface area (Å²) in [5.74, 6) is 0.669. The number of aromatic amines is 1. The van der Waals surface area contributed by atoms with Gasteiger partial charge in [-0.3, -0.25) is 14.8 Å². The van der Waals surface area contributed by atoms with E-state index in [2.05, 4.69) is 25.7 Å². The van der Waals surface area contributed by atoms with Crippen LogP contribution in [-0.4, -0.2) is 54.2 Å². The predicted molar refractivity (Wildman–Crippen MR) is 79.8 cm³/mol. The topological polar surface area (TPSA) is 73.0 Å². The van der Waals surface area contributed by atoms with Gasteiger partial charge in [-0.15, -0.1) is 0 Å². The first kappa shape index (κ1) is 15.0. The number of piperidine rings is 1. The van der Waals surface area contributed by atoms with Crippen molar-refractivity contribution >= 4 is 11.6 Å². The lowest BCUT2D eigenvalue weighted by Gasteiger charge is -2.27. The molecular formula is C14H25N5O. The van der Waals surface area contributed by atoms with Crippen LogP contribution in [0.3, 0.4) is 0 Å². The average molecular weight is 279 g/mol. The zero-order valence-corrected chi connectivity index (χ0v) is 12.6. The third-order valence-corrected chi connectivity index (χ3v) is 3.77. The summed E-state index contributed by atoms with van der Waals surface area (Å²) in [5.41, 5.74) is 2.53. The van der Waals surface area contributed by atoms with Crippen LogP contribution in [-0.2, 0) is 4.79 Å². The van der Waals surface area contributed by atoms with Gasteiger partial charge in [0.05, 0.1) is 23.6 Å². The normalized spacial score (nSPS) is 19.3. The minimum atomic E-state index is 0.0175. The number of likely N-dealkylation sites (N-methyl/N-ethyl adjacent to an activating group) is 1. The predicted octanol–water partition coefficient (Wildman–Crippen LogP) is 0.896. The number of amides is 1. The molecule has 1 aromatic rings. The van der Waals surface area contributed by atoms with Crippen molar-refractivity contribution in [2.24, 2.45) is 5.92 Å². The van der Waals surface area contributed by atoms with E-state index in [1.165, 1.54) is 12.8 Å². The number of nitrogens with zero attached hydrogens (tertiary/aromatic N) is 2. The van der Waals surface area contributed by atoms with Crippen LogP contribution in [0.25, 0.3) is 0 Å². The summed E-state index contributed by atoms with van der Waals surface area (Å²) in [7, 11) is 2.00. The molecule has 6 nitrogen and oxygen atoms in total. The largest absolute Gasteiger partial charge is 0.322 e. The molecule has 1 fully saturated rings. The van der Waals surface area contributed by atoms with Crippen LogP contribution >= 0.6 is 0 Å². The number of rotatable bonds is 5. The number of H-pyrrole nitrogens is 1. The first-order valence-electron chi connectivity index (χ1n) is 7.27. The van der Waals surface area contributed by atoms with Crippen molar-refractivity contribution in [1.82, 2.24) is 20.4 Å². The van der Waals surface area contributed by atoms with Gasteiger partial charge in [0, 0.05) is 6.54 Å². The van der Waals surface area contributed by atoms with E-state index in [0.29, 0.717) is 12.5 Å². The smallest absolute Gasteiger partial charge is 0.238 e. The highest BCUT2D eigenvalue weighted by molar-refractivity contribution is 5.93. The highest BCUT2D eigenvalue weighted by Gasteiger charge is 2.17. The Bertz CT molecular complexity index is 431. The van der Waals surface area contributed by atoms with Crippen molar-refractivity contribution in [2.75, 3.05) is 38.5 Å². The number of aryl methyl sites for hydroxylation is 2. The van der Waals surface area contributed by atoms with Gasteiger partial charge in [0.2, 0.25) is 5.91 Å². The third kappa shape index (κ3) is 4.05. The fourth-order valence-corrected chi connectivity index (χ4v) is 2.74. The fraction of sp³-hybridized carbons (Fsp3) is 0.714. The lowest BCUT2D eigenvalue weighted by Crippen LogP contribution is -2.39. The van der Waals surface area contributed by atoms with Gasteiger partial charge < -0.3 is 10.6 Å². The Hall–Kier alpha value is -1.40. The molecule has 0 bridgehead atoms. The van der Waals surface area contributed by atoms with E-state index in [-0.39, 0.29) is 5.91 Å². The number of hydrogen-bond donors (Lipinski definition) is 3. The van der Waals surface area contributed by atoms with E-state index in [1.807, 2.05) is 20.9 Å². The molecule has 1 unspecified atom stereocenters. The molecule has 0 spiro atoms. The van der Waals surface area contributed by atoms with Crippen LogP contribution in [0.2, 0.25) is 0 Å². The van der Waals surface area contributed by atoms with Gasteiger partial charge in [-0.25, -0.2) is 0 Å². The second-order valence-corrected chi connectivity index (χ2v) is 5.77. The SMILES string of the molecule is Cc1n[nH]c(C)c1NC(=O)CN(C)CC1CCCNC1. The number of carbonyl (C=O) groups is 1. The molecule has 1 saturated heterocycles. The Morgan fingerprint density at radius 1 is 1.50 bits per heavy atom. The Kier molecular flexibility index (Phi) is 5.14. The van der Waals surface area contributed by atoms with Gasteiger partial charge in [-0.05, 0) is 52.7 Å². The molecule has 2 heterocycles. The molecule has 0 saturated carbocycles. The number of aromatic nitrogens is 2. The van der Waals surface area contributed by atoms with Crippen LogP contribution in [0.15, 0.2) is 0 Å². The van der Waals surface area contributed by atoms with Crippen molar-refractivity contribution in [1.29, 1.82) is 0 Å². The van der Waals surface area contributed by atoms with Gasteiger partial charge >= 0.3 is 0 Å². The molecule has 3 N–H and O–H groups in total. The van der Waals surface area contributed by atoms with E-state index in [9.17, 15) is 4.79 Å². The van der Waals surface area contributed by atoms with E-state index < -0.39 is 0 Å². The van der Waals surface area contributed by atoms with Crippen molar-refractivity contribution in [3.8, 4) is 0 Å². The van der Waals surface area contributed by atoms with Crippen molar-refractivity contribution < 1.29 is 4.79 Å². The highest BCUT2D eigenvalue weighted by Crippen LogP contribution is 2.16. The maximum absolute atomic E-state index is 12.1. The van der Waals surface area contributed by atoms with Gasteiger partial charge in [-0.1, -0.05) is 0 Å². The standard InChI is InChI=1S/C14H25N5O/c1-10-14(11(2)18-17-10)16-13(20)9-19(3)8-12-5-4-6-15-7-12/h12,15H,4-9H2,1-3H3,(H,16,20)(H,17,18). The van der Waals surface area contributed by atoms with Crippen LogP contribution in [0.1, 0.15) is 24.2 Å². The van der Waals surface area contributed by atoms with E-state index in [4.69, 9.17) is 0 Å². The molecular weight excluding hydrogens is 254 g/mol. The van der Waals surface area contributed by atoms with Gasteiger partial charge in [0.25, 0.3) is 0 Å². The summed E-state index contributed by atoms with van der Waals surface area (Å²) in [5, 5.41) is 13.3. The summed E-state index contributed by atoms with van der Waals surface area (Å²) in [6, 6.07) is 0. The van der Waals surface area contributed by atoms with Crippen molar-refractivity contribution in [2.45, 2.75) is 26.7 Å². The Balaban J connectivity index is 1.78. The zero-order chi connectivity index (χ0) is 14.5. The number of nitrogens with one attached hydrogen (secondary N) is 3. The van der Waals surface area contributed by atoms with E-state index in [0.717, 1.165) is 36.7 Å². The Morgan fingerprint density at radius 3 is 2.90 bits per heavy atom. The summed E-state index contributed by atoms with van der Waals surface area (Å²) in [6.45, 7) is 7.36. The molecule has 0 aliphatic carbocycles. The molecule has 1 amide bonds. The molecule has 0 radical (unpaired) electrons. The minimum absolute atomic E-state index is 0.0175. The van der Waals surface area contributed by atoms with Crippen molar-refractivity contribution in [3.05, 3.63) is 11.4 Å².